The van der Waals surface area contributed by atoms with E-state index in [1.54, 1.807) is 4.90 Å². The second kappa shape index (κ2) is 13.9. The van der Waals surface area contributed by atoms with Gasteiger partial charge in [-0.3, -0.25) is 0 Å². The van der Waals surface area contributed by atoms with E-state index in [1.165, 1.54) is 13.8 Å². The summed E-state index contributed by atoms with van der Waals surface area (Å²) in [7, 11) is 0. The molecule has 278 valence electrons. The maximum Gasteiger partial charge on any atom is 0.206 e. The molecule has 9 rings (SSSR count). The van der Waals surface area contributed by atoms with Gasteiger partial charge < -0.3 is 35.0 Å². The molecule has 0 spiro atoms. The van der Waals surface area contributed by atoms with Crippen LogP contribution in [-0.4, -0.2) is 30.1 Å². The average Bonchev–Trinajstić information content (AvgIpc) is 3.58. The van der Waals surface area contributed by atoms with Gasteiger partial charge in [-0.25, -0.2) is 0 Å². The standard InChI is InChI=1S/C50H38N2O5/c1-30(53)47(49(56)50(57)48(55)31(2)54)52(44-22-12-20-42-38-16-7-6-15-36(38)37-17-8-9-19-41(37)46(42)44)35-27-28-40-39-18-10-11-21-43(39)51(45(40)29-35)34-25-23-33(24-26-34)32-13-4-3-5-14-32/h3-29,53-57H,1-2H3/b47-30-,48-31-,50-49-. The van der Waals surface area contributed by atoms with E-state index >= 15 is 0 Å². The number of aliphatic hydroxyl groups excluding tert-OH is 5. The van der Waals surface area contributed by atoms with Gasteiger partial charge in [-0.05, 0) is 88.3 Å². The first-order valence-electron chi connectivity index (χ1n) is 18.7. The fraction of sp³-hybridized carbons (Fsp3) is 0.0400. The first kappa shape index (κ1) is 35.1. The fourth-order valence-electron chi connectivity index (χ4n) is 8.16. The minimum atomic E-state index is -0.993. The van der Waals surface area contributed by atoms with Gasteiger partial charge in [0.2, 0.25) is 5.76 Å². The Bertz CT molecular complexity index is 3090. The molecule has 7 heteroatoms. The second-order valence-electron chi connectivity index (χ2n) is 14.2. The molecule has 0 saturated carbocycles. The SMILES string of the molecule is C\C(O)=C(O)/C(O)=C(O)\C(=C(/C)O)N(c1ccc2c3ccccc3n(-c3ccc(-c4ccccc4)cc3)c2c1)c1cccc2c3ccccc3c3ccccc3c12. The predicted octanol–water partition coefficient (Wildman–Crippen LogP) is 13.5. The van der Waals surface area contributed by atoms with E-state index in [9.17, 15) is 25.5 Å². The van der Waals surface area contributed by atoms with E-state index in [0.29, 0.717) is 11.4 Å². The van der Waals surface area contributed by atoms with Crippen LogP contribution in [0.1, 0.15) is 13.8 Å². The lowest BCUT2D eigenvalue weighted by Crippen LogP contribution is -2.21. The van der Waals surface area contributed by atoms with Crippen LogP contribution in [0.3, 0.4) is 0 Å². The lowest BCUT2D eigenvalue weighted by Gasteiger charge is -2.30. The summed E-state index contributed by atoms with van der Waals surface area (Å²) in [6.07, 6.45) is 0. The maximum atomic E-state index is 11.9. The lowest BCUT2D eigenvalue weighted by molar-refractivity contribution is 0.260. The molecule has 0 atom stereocenters. The average molecular weight is 747 g/mol. The Morgan fingerprint density at radius 2 is 0.947 bits per heavy atom. The van der Waals surface area contributed by atoms with Crippen molar-refractivity contribution in [3.8, 4) is 16.8 Å². The summed E-state index contributed by atoms with van der Waals surface area (Å²) >= 11 is 0. The summed E-state index contributed by atoms with van der Waals surface area (Å²) in [5.74, 6) is -3.70. The molecule has 0 bridgehead atoms. The molecule has 1 aromatic heterocycles. The Labute approximate surface area is 328 Å². The minimum absolute atomic E-state index is 0.195. The molecule has 0 fully saturated rings. The van der Waals surface area contributed by atoms with Crippen LogP contribution in [0.5, 0.6) is 0 Å². The Balaban J connectivity index is 1.37. The topological polar surface area (TPSA) is 109 Å². The van der Waals surface area contributed by atoms with Crippen LogP contribution in [0.25, 0.3) is 70.9 Å². The largest absolute Gasteiger partial charge is 0.510 e. The number of allylic oxidation sites excluding steroid dienone is 2. The molecule has 5 N–H and O–H groups in total. The predicted molar refractivity (Wildman–Crippen MR) is 233 cm³/mol. The van der Waals surface area contributed by atoms with Crippen molar-refractivity contribution in [1.29, 1.82) is 0 Å². The fourth-order valence-corrected chi connectivity index (χ4v) is 8.16. The van der Waals surface area contributed by atoms with Crippen LogP contribution in [-0.2, 0) is 0 Å². The van der Waals surface area contributed by atoms with E-state index in [0.717, 1.165) is 70.9 Å². The molecule has 0 amide bonds. The van der Waals surface area contributed by atoms with Gasteiger partial charge in [0.15, 0.2) is 11.5 Å². The quantitative estimate of drug-likeness (QED) is 0.0631. The molecular weight excluding hydrogens is 709 g/mol. The maximum absolute atomic E-state index is 11.9. The van der Waals surface area contributed by atoms with Crippen molar-refractivity contribution in [3.05, 3.63) is 198 Å². The van der Waals surface area contributed by atoms with Crippen molar-refractivity contribution in [2.75, 3.05) is 4.90 Å². The second-order valence-corrected chi connectivity index (χ2v) is 14.2. The Morgan fingerprint density at radius 3 is 1.58 bits per heavy atom. The first-order valence-corrected chi connectivity index (χ1v) is 18.7. The van der Waals surface area contributed by atoms with Crippen molar-refractivity contribution in [2.24, 2.45) is 0 Å². The zero-order chi connectivity index (χ0) is 39.4. The van der Waals surface area contributed by atoms with Crippen molar-refractivity contribution >= 4 is 65.5 Å². The highest BCUT2D eigenvalue weighted by atomic mass is 16.3. The molecule has 0 aliphatic heterocycles. The van der Waals surface area contributed by atoms with Crippen LogP contribution in [0.15, 0.2) is 198 Å². The Kier molecular flexibility index (Phi) is 8.55. The normalized spacial score (nSPS) is 13.2. The molecule has 7 nitrogen and oxygen atoms in total. The molecule has 0 aliphatic rings. The molecule has 0 saturated heterocycles. The summed E-state index contributed by atoms with van der Waals surface area (Å²) < 4.78 is 2.19. The van der Waals surface area contributed by atoms with Crippen LogP contribution >= 0.6 is 0 Å². The molecule has 8 aromatic carbocycles. The van der Waals surface area contributed by atoms with E-state index in [1.807, 2.05) is 84.9 Å². The van der Waals surface area contributed by atoms with Gasteiger partial charge in [-0.1, -0.05) is 127 Å². The summed E-state index contributed by atoms with van der Waals surface area (Å²) in [6.45, 7) is 2.59. The third-order valence-corrected chi connectivity index (χ3v) is 10.7. The summed E-state index contributed by atoms with van der Waals surface area (Å²) in [5, 5.41) is 63.3. The van der Waals surface area contributed by atoms with Crippen LogP contribution in [0.4, 0.5) is 11.4 Å². The molecule has 57 heavy (non-hydrogen) atoms. The summed E-state index contributed by atoms with van der Waals surface area (Å²) in [5.41, 5.74) is 5.95. The number of aliphatic hydroxyl groups is 5. The van der Waals surface area contributed by atoms with Gasteiger partial charge in [0.05, 0.1) is 16.7 Å². The van der Waals surface area contributed by atoms with Crippen molar-refractivity contribution in [2.45, 2.75) is 13.8 Å². The zero-order valence-electron chi connectivity index (χ0n) is 31.2. The number of para-hydroxylation sites is 1. The lowest BCUT2D eigenvalue weighted by atomic mass is 9.92. The zero-order valence-corrected chi connectivity index (χ0v) is 31.2. The van der Waals surface area contributed by atoms with E-state index < -0.39 is 23.0 Å². The highest BCUT2D eigenvalue weighted by Gasteiger charge is 2.29. The molecule has 0 aliphatic carbocycles. The smallest absolute Gasteiger partial charge is 0.206 e. The van der Waals surface area contributed by atoms with Gasteiger partial charge in [-0.2, -0.15) is 0 Å². The molecule has 0 radical (unpaired) electrons. The number of aromatic nitrogens is 1. The van der Waals surface area contributed by atoms with Crippen LogP contribution < -0.4 is 4.90 Å². The van der Waals surface area contributed by atoms with E-state index in [4.69, 9.17) is 0 Å². The van der Waals surface area contributed by atoms with Gasteiger partial charge in [-0.15, -0.1) is 0 Å². The summed E-state index contributed by atoms with van der Waals surface area (Å²) in [6, 6.07) is 55.0. The highest BCUT2D eigenvalue weighted by Crippen LogP contribution is 2.46. The molecule has 9 aromatic rings. The molecule has 0 unspecified atom stereocenters. The number of hydrogen-bond donors (Lipinski definition) is 5. The number of fused-ring (bicyclic) bond motifs is 9. The Hall–Kier alpha value is -7.64. The van der Waals surface area contributed by atoms with Crippen molar-refractivity contribution in [3.63, 3.8) is 0 Å². The number of anilines is 2. The monoisotopic (exact) mass is 746 g/mol. The number of rotatable bonds is 7. The first-order chi connectivity index (χ1) is 27.7. The molecular formula is C50H38N2O5. The molecule has 1 heterocycles. The summed E-state index contributed by atoms with van der Waals surface area (Å²) in [4.78, 5) is 1.70. The van der Waals surface area contributed by atoms with E-state index in [2.05, 4.69) is 83.4 Å². The third-order valence-electron chi connectivity index (χ3n) is 10.7. The number of hydrogen-bond acceptors (Lipinski definition) is 6. The van der Waals surface area contributed by atoms with Gasteiger partial charge >= 0.3 is 0 Å². The van der Waals surface area contributed by atoms with Gasteiger partial charge in [0.1, 0.15) is 17.2 Å². The van der Waals surface area contributed by atoms with Crippen molar-refractivity contribution in [1.82, 2.24) is 4.57 Å². The third kappa shape index (κ3) is 5.76. The van der Waals surface area contributed by atoms with Gasteiger partial charge in [0.25, 0.3) is 0 Å². The van der Waals surface area contributed by atoms with Crippen molar-refractivity contribution < 1.29 is 25.5 Å². The number of benzene rings is 8. The van der Waals surface area contributed by atoms with E-state index in [-0.39, 0.29) is 11.5 Å². The Morgan fingerprint density at radius 1 is 0.421 bits per heavy atom. The highest BCUT2D eigenvalue weighted by molar-refractivity contribution is 6.28. The van der Waals surface area contributed by atoms with Gasteiger partial charge in [0, 0.05) is 27.5 Å². The minimum Gasteiger partial charge on any atom is -0.510 e. The van der Waals surface area contributed by atoms with Crippen LogP contribution in [0, 0.1) is 0 Å². The van der Waals surface area contributed by atoms with Crippen LogP contribution in [0.2, 0.25) is 0 Å². The number of nitrogens with zero attached hydrogens (tertiary/aromatic N) is 2.